The monoisotopic (exact) mass is 306 g/mol. The van der Waals surface area contributed by atoms with Gasteiger partial charge in [0.25, 0.3) is 11.5 Å². The molecule has 0 aliphatic heterocycles. The molecule has 0 atom stereocenters. The lowest BCUT2D eigenvalue weighted by molar-refractivity contribution is 0.0998. The molecule has 1 amide bonds. The molecule has 4 nitrogen and oxygen atoms in total. The van der Waals surface area contributed by atoms with Gasteiger partial charge < -0.3 is 10.3 Å². The average molecular weight is 307 g/mol. The van der Waals surface area contributed by atoms with Gasteiger partial charge in [-0.2, -0.15) is 0 Å². The van der Waals surface area contributed by atoms with E-state index in [9.17, 15) is 9.59 Å². The number of halogens is 1. The van der Waals surface area contributed by atoms with Crippen molar-refractivity contribution in [2.24, 2.45) is 5.73 Å². The van der Waals surface area contributed by atoms with Crippen molar-refractivity contribution >= 4 is 21.8 Å². The number of carbonyl (C=O) groups excluding carboxylic acids is 1. The van der Waals surface area contributed by atoms with Gasteiger partial charge in [-0.1, -0.05) is 30.3 Å². The van der Waals surface area contributed by atoms with E-state index in [-0.39, 0.29) is 11.1 Å². The lowest BCUT2D eigenvalue weighted by Gasteiger charge is -2.08. The van der Waals surface area contributed by atoms with E-state index in [0.29, 0.717) is 11.0 Å². The average Bonchev–Trinajstić information content (AvgIpc) is 2.34. The summed E-state index contributed by atoms with van der Waals surface area (Å²) in [5.74, 6) is -0.719. The fourth-order valence-corrected chi connectivity index (χ4v) is 2.15. The van der Waals surface area contributed by atoms with Gasteiger partial charge in [-0.05, 0) is 27.6 Å². The Kier molecular flexibility index (Phi) is 3.62. The summed E-state index contributed by atoms with van der Waals surface area (Å²) < 4.78 is 2.10. The molecule has 0 fully saturated rings. The van der Waals surface area contributed by atoms with Gasteiger partial charge in [0, 0.05) is 10.7 Å². The van der Waals surface area contributed by atoms with Gasteiger partial charge in [0.15, 0.2) is 0 Å². The van der Waals surface area contributed by atoms with Gasteiger partial charge in [0.2, 0.25) is 0 Å². The minimum absolute atomic E-state index is 0.0136. The third-order valence-electron chi connectivity index (χ3n) is 2.51. The molecule has 0 aliphatic rings. The number of primary amides is 1. The Bertz CT molecular complexity index is 635. The maximum absolute atomic E-state index is 12.0. The fraction of sp³-hybridized carbons (Fsp3) is 0.0769. The molecule has 2 N–H and O–H groups in total. The zero-order valence-corrected chi connectivity index (χ0v) is 11.1. The topological polar surface area (TPSA) is 65.1 Å². The van der Waals surface area contributed by atoms with Gasteiger partial charge in [-0.3, -0.25) is 9.59 Å². The molecular formula is C13H11BrN2O2. The lowest BCUT2D eigenvalue weighted by atomic mass is 10.2. The number of hydrogen-bond donors (Lipinski definition) is 1. The molecule has 0 unspecified atom stereocenters. The molecule has 1 aromatic carbocycles. The Morgan fingerprint density at radius 2 is 1.94 bits per heavy atom. The largest absolute Gasteiger partial charge is 0.365 e. The molecule has 18 heavy (non-hydrogen) atoms. The summed E-state index contributed by atoms with van der Waals surface area (Å²) in [5.41, 5.74) is 5.76. The minimum atomic E-state index is -0.719. The van der Waals surface area contributed by atoms with Gasteiger partial charge >= 0.3 is 0 Å². The van der Waals surface area contributed by atoms with Crippen LogP contribution in [0.1, 0.15) is 15.9 Å². The van der Waals surface area contributed by atoms with Crippen LogP contribution in [0.25, 0.3) is 0 Å². The molecule has 2 aromatic rings. The molecule has 0 saturated carbocycles. The first-order valence-electron chi connectivity index (χ1n) is 5.31. The van der Waals surface area contributed by atoms with Crippen molar-refractivity contribution in [2.45, 2.75) is 6.54 Å². The fourth-order valence-electron chi connectivity index (χ4n) is 1.67. The first-order chi connectivity index (χ1) is 8.58. The molecular weight excluding hydrogens is 296 g/mol. The second-order valence-corrected chi connectivity index (χ2v) is 4.77. The van der Waals surface area contributed by atoms with Crippen molar-refractivity contribution in [3.05, 3.63) is 68.5 Å². The highest BCUT2D eigenvalue weighted by atomic mass is 79.9. The maximum Gasteiger partial charge on any atom is 0.263 e. The van der Waals surface area contributed by atoms with Crippen LogP contribution in [0.4, 0.5) is 0 Å². The van der Waals surface area contributed by atoms with Gasteiger partial charge in [-0.25, -0.2) is 0 Å². The Balaban J connectivity index is 2.46. The third kappa shape index (κ3) is 2.68. The van der Waals surface area contributed by atoms with Crippen LogP contribution in [0.3, 0.4) is 0 Å². The Morgan fingerprint density at radius 1 is 1.28 bits per heavy atom. The molecule has 2 rings (SSSR count). The molecule has 0 aliphatic carbocycles. The normalized spacial score (nSPS) is 10.3. The van der Waals surface area contributed by atoms with Crippen molar-refractivity contribution in [3.63, 3.8) is 0 Å². The Hall–Kier alpha value is -1.88. The summed E-state index contributed by atoms with van der Waals surface area (Å²) in [6.45, 7) is 0.402. The van der Waals surface area contributed by atoms with Crippen molar-refractivity contribution in [1.82, 2.24) is 4.57 Å². The number of benzene rings is 1. The maximum atomic E-state index is 12.0. The highest BCUT2D eigenvalue weighted by Gasteiger charge is 2.10. The van der Waals surface area contributed by atoms with Crippen LogP contribution in [0.5, 0.6) is 0 Å². The predicted octanol–water partition coefficient (Wildman–Crippen LogP) is 1.76. The van der Waals surface area contributed by atoms with Crippen LogP contribution in [-0.2, 0) is 6.54 Å². The van der Waals surface area contributed by atoms with Gasteiger partial charge in [-0.15, -0.1) is 0 Å². The quantitative estimate of drug-likeness (QED) is 0.939. The van der Waals surface area contributed by atoms with E-state index in [1.165, 1.54) is 10.6 Å². The number of rotatable bonds is 3. The van der Waals surface area contributed by atoms with E-state index in [4.69, 9.17) is 5.73 Å². The van der Waals surface area contributed by atoms with Gasteiger partial charge in [0.1, 0.15) is 5.56 Å². The molecule has 1 heterocycles. The summed E-state index contributed by atoms with van der Waals surface area (Å²) in [4.78, 5) is 23.2. The van der Waals surface area contributed by atoms with Crippen LogP contribution >= 0.6 is 15.9 Å². The summed E-state index contributed by atoms with van der Waals surface area (Å²) in [6, 6.07) is 11.0. The minimum Gasteiger partial charge on any atom is -0.365 e. The second-order valence-electron chi connectivity index (χ2n) is 3.85. The van der Waals surface area contributed by atoms with Crippen LogP contribution in [0, 0.1) is 0 Å². The summed E-state index contributed by atoms with van der Waals surface area (Å²) in [6.07, 6.45) is 1.64. The molecule has 92 valence electrons. The van der Waals surface area contributed by atoms with Crippen molar-refractivity contribution in [3.8, 4) is 0 Å². The van der Waals surface area contributed by atoms with E-state index < -0.39 is 5.91 Å². The second kappa shape index (κ2) is 5.18. The smallest absolute Gasteiger partial charge is 0.263 e. The highest BCUT2D eigenvalue weighted by Crippen LogP contribution is 2.10. The Morgan fingerprint density at radius 3 is 2.56 bits per heavy atom. The van der Waals surface area contributed by atoms with E-state index in [1.54, 1.807) is 6.20 Å². The van der Waals surface area contributed by atoms with Crippen LogP contribution in [0.15, 0.2) is 51.9 Å². The summed E-state index contributed by atoms with van der Waals surface area (Å²) >= 11 is 3.26. The number of nitrogens with two attached hydrogens (primary N) is 1. The van der Waals surface area contributed by atoms with E-state index in [1.807, 2.05) is 30.3 Å². The van der Waals surface area contributed by atoms with Crippen LogP contribution in [0.2, 0.25) is 0 Å². The summed E-state index contributed by atoms with van der Waals surface area (Å²) in [7, 11) is 0. The highest BCUT2D eigenvalue weighted by molar-refractivity contribution is 9.10. The number of aromatic nitrogens is 1. The number of hydrogen-bond acceptors (Lipinski definition) is 2. The van der Waals surface area contributed by atoms with E-state index >= 15 is 0 Å². The third-order valence-corrected chi connectivity index (χ3v) is 2.95. The van der Waals surface area contributed by atoms with E-state index in [0.717, 1.165) is 5.56 Å². The van der Waals surface area contributed by atoms with Gasteiger partial charge in [0.05, 0.1) is 6.54 Å². The molecule has 0 radical (unpaired) electrons. The molecule has 0 spiro atoms. The van der Waals surface area contributed by atoms with Crippen LogP contribution in [-0.4, -0.2) is 10.5 Å². The number of amides is 1. The first kappa shape index (κ1) is 12.6. The van der Waals surface area contributed by atoms with Crippen molar-refractivity contribution in [2.75, 3.05) is 0 Å². The van der Waals surface area contributed by atoms with Crippen LogP contribution < -0.4 is 11.3 Å². The standard InChI is InChI=1S/C13H11BrN2O2/c14-10-6-11(12(15)17)13(18)16(8-10)7-9-4-2-1-3-5-9/h1-6,8H,7H2,(H2,15,17). The molecule has 0 bridgehead atoms. The first-order valence-corrected chi connectivity index (χ1v) is 6.11. The molecule has 1 aromatic heterocycles. The van der Waals surface area contributed by atoms with Crippen molar-refractivity contribution < 1.29 is 4.79 Å². The zero-order chi connectivity index (χ0) is 13.1. The lowest BCUT2D eigenvalue weighted by Crippen LogP contribution is -2.29. The number of nitrogens with zero attached hydrogens (tertiary/aromatic N) is 1. The molecule has 0 saturated heterocycles. The number of pyridine rings is 1. The summed E-state index contributed by atoms with van der Waals surface area (Å²) in [5, 5.41) is 0. The predicted molar refractivity (Wildman–Crippen MR) is 72.5 cm³/mol. The van der Waals surface area contributed by atoms with E-state index in [2.05, 4.69) is 15.9 Å². The zero-order valence-electron chi connectivity index (χ0n) is 9.47. The number of carbonyl (C=O) groups is 1. The SMILES string of the molecule is NC(=O)c1cc(Br)cn(Cc2ccccc2)c1=O. The molecule has 5 heteroatoms. The Labute approximate surface area is 112 Å². The van der Waals surface area contributed by atoms with Crippen molar-refractivity contribution in [1.29, 1.82) is 0 Å².